The molecule has 0 spiro atoms. The molecule has 2 rings (SSSR count). The number of rotatable bonds is 3. The van der Waals surface area contributed by atoms with E-state index < -0.39 is 0 Å². The van der Waals surface area contributed by atoms with Gasteiger partial charge in [0.15, 0.2) is 0 Å². The molecule has 2 heteroatoms. The lowest BCUT2D eigenvalue weighted by Gasteiger charge is -2.03. The molecule has 0 bridgehead atoms. The zero-order valence-corrected chi connectivity index (χ0v) is 8.68. The average Bonchev–Trinajstić information content (AvgIpc) is 2.89. The van der Waals surface area contributed by atoms with Crippen LogP contribution in [0.5, 0.6) is 0 Å². The van der Waals surface area contributed by atoms with Crippen molar-refractivity contribution in [1.82, 2.24) is 5.32 Å². The smallest absolute Gasteiger partial charge is 0.126 e. The van der Waals surface area contributed by atoms with E-state index in [9.17, 15) is 4.39 Å². The van der Waals surface area contributed by atoms with Gasteiger partial charge in [-0.15, -0.1) is 0 Å². The molecule has 0 radical (unpaired) electrons. The van der Waals surface area contributed by atoms with Gasteiger partial charge < -0.3 is 5.32 Å². The van der Waals surface area contributed by atoms with Crippen LogP contribution in [0.3, 0.4) is 0 Å². The first-order chi connectivity index (χ1) is 6.72. The minimum Gasteiger partial charge on any atom is -0.319 e. The fourth-order valence-corrected chi connectivity index (χ4v) is 2.06. The van der Waals surface area contributed by atoms with Crippen molar-refractivity contribution in [2.75, 3.05) is 13.6 Å². The predicted octanol–water partition coefficient (Wildman–Crippen LogP) is 2.46. The lowest BCUT2D eigenvalue weighted by molar-refractivity contribution is 0.601. The van der Waals surface area contributed by atoms with Gasteiger partial charge in [0.1, 0.15) is 5.82 Å². The molecular weight excluding hydrogens is 177 g/mol. The van der Waals surface area contributed by atoms with E-state index in [1.807, 2.05) is 26.1 Å². The van der Waals surface area contributed by atoms with E-state index >= 15 is 0 Å². The van der Waals surface area contributed by atoms with Gasteiger partial charge in [0.25, 0.3) is 0 Å². The van der Waals surface area contributed by atoms with Crippen LogP contribution in [0.15, 0.2) is 18.2 Å². The van der Waals surface area contributed by atoms with E-state index in [4.69, 9.17) is 0 Å². The molecule has 1 N–H and O–H groups in total. The van der Waals surface area contributed by atoms with Crippen LogP contribution in [0, 0.1) is 18.7 Å². The van der Waals surface area contributed by atoms with E-state index in [2.05, 4.69) is 5.32 Å². The molecule has 1 saturated carbocycles. The van der Waals surface area contributed by atoms with E-state index in [0.29, 0.717) is 11.8 Å². The molecule has 1 aliphatic carbocycles. The van der Waals surface area contributed by atoms with Gasteiger partial charge in [0, 0.05) is 0 Å². The van der Waals surface area contributed by atoms with Gasteiger partial charge in [0.05, 0.1) is 0 Å². The van der Waals surface area contributed by atoms with Crippen LogP contribution in [0.2, 0.25) is 0 Å². The summed E-state index contributed by atoms with van der Waals surface area (Å²) >= 11 is 0. The highest BCUT2D eigenvalue weighted by molar-refractivity contribution is 5.31. The normalized spacial score (nSPS) is 25.1. The van der Waals surface area contributed by atoms with Crippen molar-refractivity contribution in [3.63, 3.8) is 0 Å². The fraction of sp³-hybridized carbons (Fsp3) is 0.500. The van der Waals surface area contributed by atoms with Crippen LogP contribution in [-0.2, 0) is 0 Å². The Labute approximate surface area is 84.3 Å². The largest absolute Gasteiger partial charge is 0.319 e. The molecule has 0 amide bonds. The first kappa shape index (κ1) is 9.66. The Morgan fingerprint density at radius 1 is 1.50 bits per heavy atom. The highest BCUT2D eigenvalue weighted by Gasteiger charge is 2.38. The number of benzene rings is 1. The first-order valence-corrected chi connectivity index (χ1v) is 5.13. The first-order valence-electron chi connectivity index (χ1n) is 5.13. The lowest BCUT2D eigenvalue weighted by atomic mass is 10.1. The molecule has 0 aliphatic heterocycles. The molecule has 1 aromatic rings. The van der Waals surface area contributed by atoms with E-state index in [-0.39, 0.29) is 5.82 Å². The molecule has 2 unspecified atom stereocenters. The minimum absolute atomic E-state index is 0.0424. The van der Waals surface area contributed by atoms with Gasteiger partial charge in [-0.1, -0.05) is 17.7 Å². The Kier molecular flexibility index (Phi) is 2.55. The average molecular weight is 193 g/mol. The zero-order chi connectivity index (χ0) is 10.1. The standard InChI is InChI=1S/C12H16FN/c1-8-3-4-12(13)11(5-8)10-6-9(10)7-14-2/h3-5,9-10,14H,6-7H2,1-2H3. The summed E-state index contributed by atoms with van der Waals surface area (Å²) in [5, 5.41) is 3.14. The molecule has 0 saturated heterocycles. The summed E-state index contributed by atoms with van der Waals surface area (Å²) in [6.45, 7) is 3.01. The highest BCUT2D eigenvalue weighted by atomic mass is 19.1. The van der Waals surface area contributed by atoms with Gasteiger partial charge >= 0.3 is 0 Å². The summed E-state index contributed by atoms with van der Waals surface area (Å²) in [5.74, 6) is 1.04. The van der Waals surface area contributed by atoms with Crippen molar-refractivity contribution in [3.05, 3.63) is 35.1 Å². The van der Waals surface area contributed by atoms with Gasteiger partial charge in [-0.25, -0.2) is 4.39 Å². The third kappa shape index (κ3) is 1.80. The highest BCUT2D eigenvalue weighted by Crippen LogP contribution is 2.47. The Morgan fingerprint density at radius 2 is 2.29 bits per heavy atom. The molecule has 1 nitrogen and oxygen atoms in total. The Balaban J connectivity index is 2.14. The SMILES string of the molecule is CNCC1CC1c1cc(C)ccc1F. The molecule has 76 valence electrons. The zero-order valence-electron chi connectivity index (χ0n) is 8.68. The number of aryl methyl sites for hydroxylation is 1. The van der Waals surface area contributed by atoms with Gasteiger partial charge in [-0.2, -0.15) is 0 Å². The van der Waals surface area contributed by atoms with Crippen LogP contribution >= 0.6 is 0 Å². The maximum atomic E-state index is 13.5. The van der Waals surface area contributed by atoms with Crippen molar-refractivity contribution in [1.29, 1.82) is 0 Å². The van der Waals surface area contributed by atoms with Gasteiger partial charge in [-0.05, 0) is 50.4 Å². The van der Waals surface area contributed by atoms with Crippen LogP contribution < -0.4 is 5.32 Å². The second-order valence-corrected chi connectivity index (χ2v) is 4.18. The molecule has 2 atom stereocenters. The van der Waals surface area contributed by atoms with Crippen LogP contribution in [-0.4, -0.2) is 13.6 Å². The monoisotopic (exact) mass is 193 g/mol. The van der Waals surface area contributed by atoms with Crippen molar-refractivity contribution < 1.29 is 4.39 Å². The predicted molar refractivity (Wildman–Crippen MR) is 55.9 cm³/mol. The minimum atomic E-state index is -0.0424. The van der Waals surface area contributed by atoms with Crippen molar-refractivity contribution in [2.45, 2.75) is 19.3 Å². The van der Waals surface area contributed by atoms with Crippen molar-refractivity contribution >= 4 is 0 Å². The maximum Gasteiger partial charge on any atom is 0.126 e. The summed E-state index contributed by atoms with van der Waals surface area (Å²) < 4.78 is 13.5. The molecule has 1 aliphatic rings. The number of nitrogens with one attached hydrogen (secondary N) is 1. The molecular formula is C12H16FN. The van der Waals surface area contributed by atoms with Gasteiger partial charge in [0.2, 0.25) is 0 Å². The fourth-order valence-electron chi connectivity index (χ4n) is 2.06. The number of hydrogen-bond donors (Lipinski definition) is 1. The van der Waals surface area contributed by atoms with Crippen molar-refractivity contribution in [2.24, 2.45) is 5.92 Å². The molecule has 0 heterocycles. The van der Waals surface area contributed by atoms with Crippen LogP contribution in [0.4, 0.5) is 4.39 Å². The second-order valence-electron chi connectivity index (χ2n) is 4.18. The second kappa shape index (κ2) is 3.70. The van der Waals surface area contributed by atoms with Gasteiger partial charge in [-0.3, -0.25) is 0 Å². The summed E-state index contributed by atoms with van der Waals surface area (Å²) in [5.41, 5.74) is 2.06. The van der Waals surface area contributed by atoms with Crippen LogP contribution in [0.25, 0.3) is 0 Å². The van der Waals surface area contributed by atoms with Crippen LogP contribution in [0.1, 0.15) is 23.5 Å². The third-order valence-electron chi connectivity index (χ3n) is 2.94. The number of hydrogen-bond acceptors (Lipinski definition) is 1. The Morgan fingerprint density at radius 3 is 3.00 bits per heavy atom. The summed E-state index contributed by atoms with van der Waals surface area (Å²) in [4.78, 5) is 0. The van der Waals surface area contributed by atoms with E-state index in [1.165, 1.54) is 0 Å². The molecule has 0 aromatic heterocycles. The Hall–Kier alpha value is -0.890. The molecule has 1 fully saturated rings. The summed E-state index contributed by atoms with van der Waals surface area (Å²) in [6, 6.07) is 5.39. The molecule has 1 aromatic carbocycles. The molecule has 14 heavy (non-hydrogen) atoms. The maximum absolute atomic E-state index is 13.5. The third-order valence-corrected chi connectivity index (χ3v) is 2.94. The van der Waals surface area contributed by atoms with E-state index in [1.54, 1.807) is 6.07 Å². The Bertz CT molecular complexity index is 335. The van der Waals surface area contributed by atoms with Crippen molar-refractivity contribution in [3.8, 4) is 0 Å². The lowest BCUT2D eigenvalue weighted by Crippen LogP contribution is -2.10. The quantitative estimate of drug-likeness (QED) is 0.777. The summed E-state index contributed by atoms with van der Waals surface area (Å²) in [7, 11) is 1.95. The number of halogens is 1. The topological polar surface area (TPSA) is 12.0 Å². The summed E-state index contributed by atoms with van der Waals surface area (Å²) in [6.07, 6.45) is 1.13. The van der Waals surface area contributed by atoms with E-state index in [0.717, 1.165) is 24.1 Å².